The first-order valence-electron chi connectivity index (χ1n) is 6.25. The topological polar surface area (TPSA) is 89.7 Å². The van der Waals surface area contributed by atoms with E-state index in [1.807, 2.05) is 0 Å². The van der Waals surface area contributed by atoms with E-state index in [1.54, 1.807) is 0 Å². The molecule has 1 saturated heterocycles. The summed E-state index contributed by atoms with van der Waals surface area (Å²) in [6, 6.07) is -0.751. The summed E-state index contributed by atoms with van der Waals surface area (Å²) in [6.07, 6.45) is 3.04. The van der Waals surface area contributed by atoms with Crippen LogP contribution in [0, 0.1) is 5.92 Å². The van der Waals surface area contributed by atoms with Crippen LogP contribution < -0.4 is 5.73 Å². The second kappa shape index (κ2) is 5.14. The van der Waals surface area contributed by atoms with Crippen molar-refractivity contribution in [2.75, 3.05) is 19.4 Å². The Bertz CT molecular complexity index is 419. The molecule has 1 aliphatic carbocycles. The van der Waals surface area contributed by atoms with Crippen molar-refractivity contribution in [1.29, 1.82) is 0 Å². The van der Waals surface area contributed by atoms with Crippen LogP contribution in [0.1, 0.15) is 25.7 Å². The standard InChI is InChI=1S/C11H20N2O4S/c1-17-9-6-10(11(12)14)13(7-9)18(15,16)5-4-8-2-3-8/h8-10H,2-7H2,1H3,(H2,12,14)/t9-,10-/m0/s1. The molecule has 0 aromatic carbocycles. The zero-order valence-electron chi connectivity index (χ0n) is 10.5. The third-order valence-corrected chi connectivity index (χ3v) is 5.59. The first-order valence-corrected chi connectivity index (χ1v) is 7.86. The minimum Gasteiger partial charge on any atom is -0.380 e. The van der Waals surface area contributed by atoms with Gasteiger partial charge in [-0.3, -0.25) is 4.79 Å². The van der Waals surface area contributed by atoms with Crippen LogP contribution in [0.5, 0.6) is 0 Å². The summed E-state index contributed by atoms with van der Waals surface area (Å²) >= 11 is 0. The van der Waals surface area contributed by atoms with Gasteiger partial charge < -0.3 is 10.5 Å². The molecule has 0 spiro atoms. The fourth-order valence-electron chi connectivity index (χ4n) is 2.34. The highest BCUT2D eigenvalue weighted by Crippen LogP contribution is 2.33. The average Bonchev–Trinajstić information content (AvgIpc) is 3.02. The molecule has 6 nitrogen and oxygen atoms in total. The van der Waals surface area contributed by atoms with Crippen molar-refractivity contribution in [1.82, 2.24) is 4.31 Å². The van der Waals surface area contributed by atoms with Gasteiger partial charge in [-0.1, -0.05) is 12.8 Å². The molecule has 0 radical (unpaired) electrons. The monoisotopic (exact) mass is 276 g/mol. The van der Waals surface area contributed by atoms with Crippen LogP contribution in [0.4, 0.5) is 0 Å². The van der Waals surface area contributed by atoms with Gasteiger partial charge >= 0.3 is 0 Å². The minimum absolute atomic E-state index is 0.109. The molecule has 1 saturated carbocycles. The summed E-state index contributed by atoms with van der Waals surface area (Å²) in [6.45, 7) is 0.233. The third kappa shape index (κ3) is 3.02. The Hall–Kier alpha value is -0.660. The van der Waals surface area contributed by atoms with Gasteiger partial charge in [0, 0.05) is 20.1 Å². The average molecular weight is 276 g/mol. The summed E-state index contributed by atoms with van der Waals surface area (Å²) in [4.78, 5) is 11.3. The van der Waals surface area contributed by atoms with Crippen LogP contribution in [0.2, 0.25) is 0 Å². The molecular weight excluding hydrogens is 256 g/mol. The maximum Gasteiger partial charge on any atom is 0.235 e. The lowest BCUT2D eigenvalue weighted by Gasteiger charge is -2.21. The van der Waals surface area contributed by atoms with Gasteiger partial charge in [0.1, 0.15) is 6.04 Å². The lowest BCUT2D eigenvalue weighted by Crippen LogP contribution is -2.44. The van der Waals surface area contributed by atoms with Gasteiger partial charge in [-0.05, 0) is 12.3 Å². The molecule has 1 amide bonds. The number of hydrogen-bond acceptors (Lipinski definition) is 4. The van der Waals surface area contributed by atoms with E-state index < -0.39 is 22.0 Å². The highest BCUT2D eigenvalue weighted by Gasteiger charge is 2.42. The maximum atomic E-state index is 12.2. The predicted molar refractivity (Wildman–Crippen MR) is 66.2 cm³/mol. The van der Waals surface area contributed by atoms with Crippen molar-refractivity contribution in [3.05, 3.63) is 0 Å². The third-order valence-electron chi connectivity index (χ3n) is 3.72. The van der Waals surface area contributed by atoms with Gasteiger partial charge in [0.25, 0.3) is 0 Å². The largest absolute Gasteiger partial charge is 0.380 e. The molecule has 2 rings (SSSR count). The summed E-state index contributed by atoms with van der Waals surface area (Å²) < 4.78 is 30.8. The van der Waals surface area contributed by atoms with Crippen molar-refractivity contribution in [3.8, 4) is 0 Å². The van der Waals surface area contributed by atoms with Crippen LogP contribution >= 0.6 is 0 Å². The quantitative estimate of drug-likeness (QED) is 0.720. The fourth-order valence-corrected chi connectivity index (χ4v) is 4.18. The van der Waals surface area contributed by atoms with Gasteiger partial charge in [0.2, 0.25) is 15.9 Å². The van der Waals surface area contributed by atoms with E-state index in [9.17, 15) is 13.2 Å². The number of nitrogens with zero attached hydrogens (tertiary/aromatic N) is 1. The number of methoxy groups -OCH3 is 1. The molecule has 0 aromatic rings. The van der Waals surface area contributed by atoms with Crippen molar-refractivity contribution in [2.45, 2.75) is 37.8 Å². The molecule has 104 valence electrons. The fraction of sp³-hybridized carbons (Fsp3) is 0.909. The zero-order chi connectivity index (χ0) is 13.3. The number of primary amides is 1. The van der Waals surface area contributed by atoms with Gasteiger partial charge in [-0.2, -0.15) is 4.31 Å². The minimum atomic E-state index is -3.40. The van der Waals surface area contributed by atoms with E-state index in [2.05, 4.69) is 0 Å². The smallest absolute Gasteiger partial charge is 0.235 e. The van der Waals surface area contributed by atoms with Crippen LogP contribution in [0.3, 0.4) is 0 Å². The maximum absolute atomic E-state index is 12.2. The van der Waals surface area contributed by atoms with E-state index in [0.29, 0.717) is 18.8 Å². The molecule has 1 aliphatic heterocycles. The number of carbonyl (C=O) groups is 1. The second-order valence-electron chi connectivity index (χ2n) is 5.13. The lowest BCUT2D eigenvalue weighted by molar-refractivity contribution is -0.121. The Balaban J connectivity index is 2.05. The summed E-state index contributed by atoms with van der Waals surface area (Å²) in [5, 5.41) is 0. The Morgan fingerprint density at radius 1 is 1.44 bits per heavy atom. The lowest BCUT2D eigenvalue weighted by atomic mass is 10.2. The van der Waals surface area contributed by atoms with Crippen LogP contribution in [-0.4, -0.2) is 50.2 Å². The first-order chi connectivity index (χ1) is 8.44. The molecule has 2 atom stereocenters. The SMILES string of the molecule is CO[C@H]1C[C@@H](C(N)=O)N(S(=O)(=O)CCC2CC2)C1. The highest BCUT2D eigenvalue weighted by atomic mass is 32.2. The molecule has 18 heavy (non-hydrogen) atoms. The van der Waals surface area contributed by atoms with E-state index in [1.165, 1.54) is 11.4 Å². The molecule has 2 N–H and O–H groups in total. The Morgan fingerprint density at radius 3 is 2.61 bits per heavy atom. The number of carbonyl (C=O) groups excluding carboxylic acids is 1. The molecule has 0 unspecified atom stereocenters. The Morgan fingerprint density at radius 2 is 2.11 bits per heavy atom. The van der Waals surface area contributed by atoms with E-state index >= 15 is 0 Å². The number of sulfonamides is 1. The number of amides is 1. The van der Waals surface area contributed by atoms with Gasteiger partial charge in [-0.25, -0.2) is 8.42 Å². The molecule has 0 aromatic heterocycles. The highest BCUT2D eigenvalue weighted by molar-refractivity contribution is 7.89. The zero-order valence-corrected chi connectivity index (χ0v) is 11.4. The summed E-state index contributed by atoms with van der Waals surface area (Å²) in [5.74, 6) is 0.0647. The van der Waals surface area contributed by atoms with E-state index in [4.69, 9.17) is 10.5 Å². The number of rotatable bonds is 6. The summed E-state index contributed by atoms with van der Waals surface area (Å²) in [5.41, 5.74) is 5.27. The predicted octanol–water partition coefficient (Wildman–Crippen LogP) is -0.309. The normalized spacial score (nSPS) is 29.6. The second-order valence-corrected chi connectivity index (χ2v) is 7.17. The van der Waals surface area contributed by atoms with Crippen LogP contribution in [0.15, 0.2) is 0 Å². The first kappa shape index (κ1) is 13.8. The number of nitrogens with two attached hydrogens (primary N) is 1. The molecule has 2 fully saturated rings. The Kier molecular flexibility index (Phi) is 3.93. The van der Waals surface area contributed by atoms with Crippen LogP contribution in [-0.2, 0) is 19.6 Å². The van der Waals surface area contributed by atoms with Gasteiger partial charge in [-0.15, -0.1) is 0 Å². The van der Waals surface area contributed by atoms with Crippen molar-refractivity contribution < 1.29 is 17.9 Å². The van der Waals surface area contributed by atoms with Crippen molar-refractivity contribution in [3.63, 3.8) is 0 Å². The Labute approximate surface area is 108 Å². The van der Waals surface area contributed by atoms with Crippen LogP contribution in [0.25, 0.3) is 0 Å². The number of hydrogen-bond donors (Lipinski definition) is 1. The molecular formula is C11H20N2O4S. The van der Waals surface area contributed by atoms with E-state index in [-0.39, 0.29) is 18.4 Å². The number of ether oxygens (including phenoxy) is 1. The molecule has 2 aliphatic rings. The van der Waals surface area contributed by atoms with Gasteiger partial charge in [0.15, 0.2) is 0 Å². The molecule has 7 heteroatoms. The molecule has 0 bridgehead atoms. The summed E-state index contributed by atoms with van der Waals surface area (Å²) in [7, 11) is -1.88. The van der Waals surface area contributed by atoms with Crippen molar-refractivity contribution in [2.24, 2.45) is 11.7 Å². The van der Waals surface area contributed by atoms with Gasteiger partial charge in [0.05, 0.1) is 11.9 Å². The van der Waals surface area contributed by atoms with Crippen molar-refractivity contribution >= 4 is 15.9 Å². The van der Waals surface area contributed by atoms with E-state index in [0.717, 1.165) is 12.8 Å². The molecule has 1 heterocycles.